The van der Waals surface area contributed by atoms with E-state index in [1.54, 1.807) is 0 Å². The molecule has 1 amide bonds. The van der Waals surface area contributed by atoms with Gasteiger partial charge in [-0.3, -0.25) is 0 Å². The van der Waals surface area contributed by atoms with Gasteiger partial charge in [0.1, 0.15) is 12.4 Å². The van der Waals surface area contributed by atoms with Gasteiger partial charge in [0.25, 0.3) is 0 Å². The lowest BCUT2D eigenvalue weighted by molar-refractivity contribution is -0.0190. The van der Waals surface area contributed by atoms with Crippen LogP contribution in [-0.4, -0.2) is 43.1 Å². The van der Waals surface area contributed by atoms with Crippen molar-refractivity contribution < 1.29 is 28.5 Å². The summed E-state index contributed by atoms with van der Waals surface area (Å²) in [5.41, 5.74) is 3.69. The number of likely N-dealkylation sites (tertiary alicyclic amines) is 1. The molecular weight excluding hydrogens is 554 g/mol. The molecule has 1 heterocycles. The van der Waals surface area contributed by atoms with Crippen LogP contribution in [0.25, 0.3) is 0 Å². The average Bonchev–Trinajstić information content (AvgIpc) is 3.07. The van der Waals surface area contributed by atoms with Crippen LogP contribution in [0.1, 0.15) is 93.7 Å². The molecule has 4 aliphatic carbocycles. The summed E-state index contributed by atoms with van der Waals surface area (Å²) in [6.45, 7) is 1.30. The number of fused-ring (bicyclic) bond motifs is 2. The molecule has 7 nitrogen and oxygen atoms in total. The van der Waals surface area contributed by atoms with Crippen LogP contribution in [0, 0.1) is 23.7 Å². The summed E-state index contributed by atoms with van der Waals surface area (Å²) in [7, 11) is 0. The molecule has 0 radical (unpaired) electrons. The SMILES string of the molecule is O=C(OCOc1ccc2c(c1)[C@]13CCCC[C@@H]1[C@H](C2)N(C(=O)OCc1ccccc1)CC3)OCC1CCC[C@@H]2CCCC[C@H]12. The molecule has 2 bridgehead atoms. The van der Waals surface area contributed by atoms with E-state index in [2.05, 4.69) is 12.1 Å². The van der Waals surface area contributed by atoms with Crippen LogP contribution >= 0.6 is 0 Å². The molecule has 1 saturated heterocycles. The van der Waals surface area contributed by atoms with Crippen LogP contribution in [0.4, 0.5) is 9.59 Å². The number of benzene rings is 2. The number of nitrogens with zero attached hydrogens (tertiary/aromatic N) is 1. The first-order chi connectivity index (χ1) is 21.6. The van der Waals surface area contributed by atoms with E-state index in [0.717, 1.165) is 49.3 Å². The number of hydrogen-bond acceptors (Lipinski definition) is 6. The summed E-state index contributed by atoms with van der Waals surface area (Å²) in [6, 6.07) is 16.3. The predicted molar refractivity (Wildman–Crippen MR) is 166 cm³/mol. The summed E-state index contributed by atoms with van der Waals surface area (Å²) >= 11 is 0. The fourth-order valence-electron chi connectivity index (χ4n) is 9.74. The van der Waals surface area contributed by atoms with Gasteiger partial charge in [0.2, 0.25) is 6.79 Å². The Morgan fingerprint density at radius 1 is 0.841 bits per heavy atom. The fraction of sp³-hybridized carbons (Fsp3) is 0.622. The van der Waals surface area contributed by atoms with Crippen molar-refractivity contribution >= 4 is 12.2 Å². The van der Waals surface area contributed by atoms with Crippen molar-refractivity contribution in [1.29, 1.82) is 0 Å². The van der Waals surface area contributed by atoms with E-state index in [9.17, 15) is 9.59 Å². The highest BCUT2D eigenvalue weighted by Crippen LogP contribution is 2.56. The molecule has 2 aromatic rings. The van der Waals surface area contributed by atoms with Crippen LogP contribution in [0.5, 0.6) is 5.75 Å². The highest BCUT2D eigenvalue weighted by Gasteiger charge is 2.55. The quantitative estimate of drug-likeness (QED) is 0.235. The second-order valence-corrected chi connectivity index (χ2v) is 13.9. The van der Waals surface area contributed by atoms with Crippen LogP contribution in [-0.2, 0) is 32.7 Å². The summed E-state index contributed by atoms with van der Waals surface area (Å²) < 4.78 is 22.7. The Hall–Kier alpha value is -3.22. The molecule has 1 aliphatic heterocycles. The maximum absolute atomic E-state index is 13.3. The first kappa shape index (κ1) is 29.5. The topological polar surface area (TPSA) is 74.3 Å². The molecule has 44 heavy (non-hydrogen) atoms. The average molecular weight is 602 g/mol. The smallest absolute Gasteiger partial charge is 0.457 e. The van der Waals surface area contributed by atoms with E-state index >= 15 is 0 Å². The van der Waals surface area contributed by atoms with Gasteiger partial charge in [-0.2, -0.15) is 0 Å². The van der Waals surface area contributed by atoms with Crippen LogP contribution in [0.3, 0.4) is 0 Å². The molecule has 0 aromatic heterocycles. The molecule has 0 spiro atoms. The maximum Gasteiger partial charge on any atom is 0.511 e. The predicted octanol–water partition coefficient (Wildman–Crippen LogP) is 8.18. The van der Waals surface area contributed by atoms with Crippen LogP contribution < -0.4 is 4.74 Å². The molecule has 3 saturated carbocycles. The number of carbonyl (C=O) groups is 2. The first-order valence-corrected chi connectivity index (χ1v) is 17.1. The lowest BCUT2D eigenvalue weighted by Crippen LogP contribution is -2.62. The van der Waals surface area contributed by atoms with Gasteiger partial charge in [0.15, 0.2) is 0 Å². The number of ether oxygens (including phenoxy) is 4. The van der Waals surface area contributed by atoms with Gasteiger partial charge < -0.3 is 23.8 Å². The first-order valence-electron chi connectivity index (χ1n) is 17.1. The fourth-order valence-corrected chi connectivity index (χ4v) is 9.74. The molecule has 7 heteroatoms. The van der Waals surface area contributed by atoms with E-state index < -0.39 is 6.16 Å². The molecule has 7 rings (SSSR count). The Kier molecular flexibility index (Phi) is 8.73. The zero-order chi connectivity index (χ0) is 29.9. The summed E-state index contributed by atoms with van der Waals surface area (Å²) in [5, 5.41) is 0. The van der Waals surface area contributed by atoms with E-state index in [-0.39, 0.29) is 24.3 Å². The summed E-state index contributed by atoms with van der Waals surface area (Å²) in [6.07, 6.45) is 14.5. The number of amides is 1. The molecule has 5 aliphatic rings. The third-order valence-corrected chi connectivity index (χ3v) is 11.8. The second-order valence-electron chi connectivity index (χ2n) is 13.9. The van der Waals surface area contributed by atoms with Crippen molar-refractivity contribution in [2.75, 3.05) is 19.9 Å². The lowest BCUT2D eigenvalue weighted by Gasteiger charge is -2.58. The Balaban J connectivity index is 0.961. The maximum atomic E-state index is 13.3. The Morgan fingerprint density at radius 3 is 2.59 bits per heavy atom. The number of piperidine rings is 1. The number of hydrogen-bond donors (Lipinski definition) is 0. The van der Waals surface area contributed by atoms with E-state index in [4.69, 9.17) is 18.9 Å². The van der Waals surface area contributed by atoms with E-state index in [1.807, 2.05) is 41.3 Å². The van der Waals surface area contributed by atoms with Gasteiger partial charge in [-0.25, -0.2) is 9.59 Å². The van der Waals surface area contributed by atoms with Crippen molar-refractivity contribution in [3.8, 4) is 5.75 Å². The van der Waals surface area contributed by atoms with Gasteiger partial charge in [0, 0.05) is 18.0 Å². The van der Waals surface area contributed by atoms with Gasteiger partial charge in [-0.15, -0.1) is 0 Å². The highest BCUT2D eigenvalue weighted by molar-refractivity contribution is 5.69. The lowest BCUT2D eigenvalue weighted by atomic mass is 9.52. The second kappa shape index (κ2) is 13.0. The molecule has 2 aromatic carbocycles. The largest absolute Gasteiger partial charge is 0.511 e. The standard InChI is InChI=1S/C37H47NO6/c39-35(41-23-26-9-2-1-3-10-26)38-20-19-37-18-7-6-15-32(37)34(38)21-28-16-17-30(22-33(28)37)43-25-44-36(40)42-24-29-13-8-12-27-11-4-5-14-31(27)29/h1-3,9-10,16-17,22,27,29,31-32,34H,4-8,11-15,18-21,23-25H2/t27-,29?,31-,32+,34-,37-/m0/s1. The molecule has 4 fully saturated rings. The number of rotatable bonds is 7. The molecule has 0 N–H and O–H groups in total. The monoisotopic (exact) mass is 601 g/mol. The molecule has 236 valence electrons. The zero-order valence-electron chi connectivity index (χ0n) is 25.9. The van der Waals surface area contributed by atoms with Crippen LogP contribution in [0.2, 0.25) is 0 Å². The Bertz CT molecular complexity index is 1310. The van der Waals surface area contributed by atoms with Gasteiger partial charge in [-0.05, 0) is 91.0 Å². The van der Waals surface area contributed by atoms with Gasteiger partial charge in [0.05, 0.1) is 6.61 Å². The van der Waals surface area contributed by atoms with E-state index in [0.29, 0.717) is 37.5 Å². The normalized spacial score (nSPS) is 30.6. The minimum Gasteiger partial charge on any atom is -0.457 e. The Labute approximate surface area is 261 Å². The third-order valence-electron chi connectivity index (χ3n) is 11.8. The van der Waals surface area contributed by atoms with Gasteiger partial charge >= 0.3 is 12.2 Å². The minimum atomic E-state index is -0.638. The van der Waals surface area contributed by atoms with E-state index in [1.165, 1.54) is 62.5 Å². The van der Waals surface area contributed by atoms with Crippen molar-refractivity contribution in [3.63, 3.8) is 0 Å². The van der Waals surface area contributed by atoms with Crippen molar-refractivity contribution in [3.05, 3.63) is 65.2 Å². The summed E-state index contributed by atoms with van der Waals surface area (Å²) in [5.74, 6) is 3.11. The van der Waals surface area contributed by atoms with Crippen molar-refractivity contribution in [2.45, 2.75) is 102 Å². The van der Waals surface area contributed by atoms with Gasteiger partial charge in [-0.1, -0.05) is 81.3 Å². The Morgan fingerprint density at radius 2 is 1.68 bits per heavy atom. The minimum absolute atomic E-state index is 0.0445. The van der Waals surface area contributed by atoms with Crippen molar-refractivity contribution in [2.24, 2.45) is 23.7 Å². The molecule has 6 atom stereocenters. The summed E-state index contributed by atoms with van der Waals surface area (Å²) in [4.78, 5) is 27.8. The number of carbonyl (C=O) groups excluding carboxylic acids is 2. The zero-order valence-corrected chi connectivity index (χ0v) is 25.9. The highest BCUT2D eigenvalue weighted by atomic mass is 16.8. The van der Waals surface area contributed by atoms with Crippen molar-refractivity contribution in [1.82, 2.24) is 4.90 Å². The molecular formula is C37H47NO6. The molecule has 1 unspecified atom stereocenters. The van der Waals surface area contributed by atoms with Crippen LogP contribution in [0.15, 0.2) is 48.5 Å². The third kappa shape index (κ3) is 5.91.